The third-order valence-corrected chi connectivity index (χ3v) is 6.33. The van der Waals surface area contributed by atoms with Crippen molar-refractivity contribution in [3.8, 4) is 0 Å². The number of benzene rings is 1. The van der Waals surface area contributed by atoms with Gasteiger partial charge in [0.05, 0.1) is 14.8 Å². The van der Waals surface area contributed by atoms with Crippen LogP contribution in [-0.4, -0.2) is 0 Å². The first-order valence-electron chi connectivity index (χ1n) is 4.91. The summed E-state index contributed by atoms with van der Waals surface area (Å²) in [6.07, 6.45) is 1.96. The molecule has 0 bridgehead atoms. The average Bonchev–Trinajstić information content (AvgIpc) is 2.75. The Bertz CT molecular complexity index is 717. The molecule has 0 radical (unpaired) electrons. The standard InChI is InChI=1S/C11H7ClO4S2/c13-12(14,15)16-18-10-4-2-1-3-8(10)7-9-5-6-17-11(9)18/h1-7H. The Morgan fingerprint density at radius 1 is 1.11 bits per heavy atom. The van der Waals surface area contributed by atoms with Crippen LogP contribution in [0.15, 0.2) is 39.9 Å². The van der Waals surface area contributed by atoms with Crippen molar-refractivity contribution in [1.29, 1.82) is 0 Å². The van der Waals surface area contributed by atoms with E-state index in [1.54, 1.807) is 12.1 Å². The minimum atomic E-state index is -4.45. The second-order valence-electron chi connectivity index (χ2n) is 3.56. The van der Waals surface area contributed by atoms with Crippen molar-refractivity contribution in [2.45, 2.75) is 4.21 Å². The van der Waals surface area contributed by atoms with Crippen molar-refractivity contribution < 1.29 is 28.0 Å². The fraction of sp³-hybridized carbons (Fsp3) is 0. The van der Waals surface area contributed by atoms with E-state index in [1.165, 1.54) is 11.3 Å². The lowest BCUT2D eigenvalue weighted by molar-refractivity contribution is -1.91. The molecule has 18 heavy (non-hydrogen) atoms. The predicted octanol–water partition coefficient (Wildman–Crippen LogP) is -0.702. The fourth-order valence-corrected chi connectivity index (χ4v) is 5.56. The molecule has 0 aliphatic carbocycles. The minimum Gasteiger partial charge on any atom is -0.182 e. The van der Waals surface area contributed by atoms with Crippen LogP contribution in [0.3, 0.4) is 0 Å². The van der Waals surface area contributed by atoms with E-state index in [1.807, 2.05) is 29.7 Å². The molecule has 1 aromatic carbocycles. The van der Waals surface area contributed by atoms with Crippen LogP contribution in [0.4, 0.5) is 0 Å². The average molecular weight is 303 g/mol. The molecule has 94 valence electrons. The molecule has 2 heterocycles. The van der Waals surface area contributed by atoms with E-state index in [2.05, 4.69) is 0 Å². The Kier molecular flexibility index (Phi) is 3.03. The Labute approximate surface area is 111 Å². The molecule has 1 aliphatic heterocycles. The summed E-state index contributed by atoms with van der Waals surface area (Å²) in [5, 5.41) is 2.73. The molecule has 3 rings (SSSR count). The van der Waals surface area contributed by atoms with Gasteiger partial charge in [0.25, 0.3) is 0 Å². The summed E-state index contributed by atoms with van der Waals surface area (Å²) in [6.45, 7) is 0. The lowest BCUT2D eigenvalue weighted by Gasteiger charge is -2.15. The molecular weight excluding hydrogens is 296 g/mol. The van der Waals surface area contributed by atoms with Crippen molar-refractivity contribution in [1.82, 2.24) is 0 Å². The zero-order valence-electron chi connectivity index (χ0n) is 8.87. The summed E-state index contributed by atoms with van der Waals surface area (Å²) in [4.78, 5) is 0. The Morgan fingerprint density at radius 2 is 1.89 bits per heavy atom. The van der Waals surface area contributed by atoms with Crippen molar-refractivity contribution >= 4 is 28.2 Å². The normalized spacial score (nSPS) is 17.8. The van der Waals surface area contributed by atoms with Gasteiger partial charge in [-0.3, -0.25) is 0 Å². The van der Waals surface area contributed by atoms with E-state index >= 15 is 0 Å². The highest BCUT2D eigenvalue weighted by atomic mass is 35.7. The zero-order valence-corrected chi connectivity index (χ0v) is 11.3. The molecule has 1 atom stereocenters. The van der Waals surface area contributed by atoms with Gasteiger partial charge < -0.3 is 0 Å². The van der Waals surface area contributed by atoms with Crippen LogP contribution in [-0.2, 0) is 3.74 Å². The first kappa shape index (κ1) is 12.3. The highest BCUT2D eigenvalue weighted by Crippen LogP contribution is 2.40. The molecule has 0 spiro atoms. The number of hydrogen-bond acceptors (Lipinski definition) is 5. The highest BCUT2D eigenvalue weighted by Gasteiger charge is 2.28. The summed E-state index contributed by atoms with van der Waals surface area (Å²) in [5.74, 6) is 0. The van der Waals surface area contributed by atoms with Crippen molar-refractivity contribution in [2.75, 3.05) is 0 Å². The fourth-order valence-electron chi connectivity index (χ4n) is 1.74. The molecule has 0 fully saturated rings. The molecule has 0 saturated carbocycles. The van der Waals surface area contributed by atoms with Gasteiger partial charge in [-0.25, -0.2) is 0 Å². The maximum absolute atomic E-state index is 10.8. The molecule has 2 aromatic rings. The lowest BCUT2D eigenvalue weighted by atomic mass is 10.2. The van der Waals surface area contributed by atoms with Gasteiger partial charge in [0.15, 0.2) is 10.8 Å². The van der Waals surface area contributed by atoms with E-state index in [0.29, 0.717) is 0 Å². The van der Waals surface area contributed by atoms with Crippen LogP contribution in [0.2, 0.25) is 0 Å². The largest absolute Gasteiger partial charge is 0.182 e. The first-order chi connectivity index (χ1) is 8.54. The van der Waals surface area contributed by atoms with Crippen LogP contribution < -0.4 is 19.2 Å². The van der Waals surface area contributed by atoms with E-state index in [4.69, 9.17) is 3.74 Å². The highest BCUT2D eigenvalue weighted by molar-refractivity contribution is 8.06. The van der Waals surface area contributed by atoms with Gasteiger partial charge in [0.1, 0.15) is 7.94 Å². The number of thiophene rings is 1. The molecule has 0 N–H and O–H groups in total. The summed E-state index contributed by atoms with van der Waals surface area (Å²) < 4.78 is 38.7. The van der Waals surface area contributed by atoms with Crippen molar-refractivity contribution in [2.24, 2.45) is 0 Å². The van der Waals surface area contributed by atoms with Gasteiger partial charge in [-0.05, 0) is 28.8 Å². The van der Waals surface area contributed by atoms with Gasteiger partial charge in [-0.1, -0.05) is 18.2 Å². The topological polar surface area (TPSA) is 78.4 Å². The number of fused-ring (bicyclic) bond motifs is 2. The second kappa shape index (κ2) is 4.43. The SMILES string of the molecule is [O-][Cl+3]([O-])([O-])OS1=c2ccccc2=Cc2ccsc21. The van der Waals surface area contributed by atoms with Crippen LogP contribution in [0.25, 0.3) is 6.08 Å². The maximum Gasteiger partial charge on any atom is 0.158 e. The Morgan fingerprint density at radius 3 is 2.67 bits per heavy atom. The van der Waals surface area contributed by atoms with Crippen LogP contribution in [0.1, 0.15) is 5.56 Å². The second-order valence-corrected chi connectivity index (χ2v) is 7.38. The summed E-state index contributed by atoms with van der Waals surface area (Å²) in [7, 11) is -5.61. The van der Waals surface area contributed by atoms with Gasteiger partial charge in [-0.15, -0.1) is 11.3 Å². The summed E-state index contributed by atoms with van der Waals surface area (Å²) >= 11 is 1.39. The number of halogens is 1. The first-order valence-corrected chi connectivity index (χ1v) is 8.17. The Hall–Kier alpha value is -0.730. The quantitative estimate of drug-likeness (QED) is 0.687. The molecule has 1 unspecified atom stereocenters. The number of rotatable bonds is 2. The van der Waals surface area contributed by atoms with Gasteiger partial charge in [0.2, 0.25) is 0 Å². The molecule has 7 heteroatoms. The smallest absolute Gasteiger partial charge is 0.158 e. The minimum absolute atomic E-state index is 0.722. The van der Waals surface area contributed by atoms with E-state index in [9.17, 15) is 14.0 Å². The monoisotopic (exact) mass is 302 g/mol. The molecule has 4 nitrogen and oxygen atoms in total. The van der Waals surface area contributed by atoms with Gasteiger partial charge >= 0.3 is 0 Å². The van der Waals surface area contributed by atoms with Crippen molar-refractivity contribution in [3.05, 3.63) is 51.0 Å². The van der Waals surface area contributed by atoms with Crippen LogP contribution in [0, 0.1) is 14.8 Å². The maximum atomic E-state index is 10.8. The lowest BCUT2D eigenvalue weighted by Crippen LogP contribution is -2.60. The third-order valence-electron chi connectivity index (χ3n) is 2.40. The molecule has 1 aliphatic rings. The molecular formula is C11H7ClO4S2. The van der Waals surface area contributed by atoms with Gasteiger partial charge in [-0.2, -0.15) is 14.0 Å². The molecule has 0 saturated heterocycles. The van der Waals surface area contributed by atoms with Crippen LogP contribution >= 0.6 is 22.1 Å². The third kappa shape index (κ3) is 2.24. The predicted molar refractivity (Wildman–Crippen MR) is 59.7 cm³/mol. The van der Waals surface area contributed by atoms with E-state index in [0.717, 1.165) is 19.5 Å². The summed E-state index contributed by atoms with van der Waals surface area (Å²) in [6, 6.07) is 9.18. The van der Waals surface area contributed by atoms with E-state index < -0.39 is 21.0 Å². The van der Waals surface area contributed by atoms with E-state index in [-0.39, 0.29) is 0 Å². The van der Waals surface area contributed by atoms with Crippen molar-refractivity contribution in [3.63, 3.8) is 0 Å². The summed E-state index contributed by atoms with van der Waals surface area (Å²) in [5.41, 5.74) is 0.904. The number of hydrogen-bond donors (Lipinski definition) is 0. The molecule has 1 aromatic heterocycles. The zero-order chi connectivity index (χ0) is 12.8. The van der Waals surface area contributed by atoms with Gasteiger partial charge in [0, 0.05) is 5.56 Å². The molecule has 0 amide bonds. The van der Waals surface area contributed by atoms with Crippen LogP contribution in [0.5, 0.6) is 0 Å². The Balaban J connectivity index is 2.32.